The minimum absolute atomic E-state index is 0.0126. The van der Waals surface area contributed by atoms with Crippen LogP contribution in [-0.2, 0) is 16.4 Å². The molecule has 1 aromatic heterocycles. The number of rotatable bonds is 7. The number of hydrogen-bond donors (Lipinski definition) is 2. The predicted octanol–water partition coefficient (Wildman–Crippen LogP) is 3.82. The average Bonchev–Trinajstić information content (AvgIpc) is 2.65. The molecule has 0 fully saturated rings. The van der Waals surface area contributed by atoms with Crippen LogP contribution < -0.4 is 10.0 Å². The lowest BCUT2D eigenvalue weighted by atomic mass is 10.1. The van der Waals surface area contributed by atoms with Gasteiger partial charge in [-0.25, -0.2) is 8.42 Å². The minimum atomic E-state index is -3.49. The minimum Gasteiger partial charge on any atom is -0.339 e. The number of nitrogens with zero attached hydrogens (tertiary/aromatic N) is 2. The standard InChI is InChI=1S/C20H22N4O2S/c1-15-8-9-18(16(2)14-15)21-19-10-11-20(23-22-19)24-27(25,26)13-12-17-6-4-3-5-7-17/h3-11,14H,12-13H2,1-2H3,(H,21,22)(H,23,24). The molecule has 0 spiro atoms. The van der Waals surface area contributed by atoms with Crippen LogP contribution in [0.4, 0.5) is 17.3 Å². The molecule has 0 radical (unpaired) electrons. The zero-order chi connectivity index (χ0) is 19.3. The highest BCUT2D eigenvalue weighted by atomic mass is 32.2. The fourth-order valence-corrected chi connectivity index (χ4v) is 3.69. The summed E-state index contributed by atoms with van der Waals surface area (Å²) < 4.78 is 26.9. The third-order valence-electron chi connectivity index (χ3n) is 4.07. The van der Waals surface area contributed by atoms with Crippen molar-refractivity contribution in [2.45, 2.75) is 20.3 Å². The van der Waals surface area contributed by atoms with Crippen LogP contribution in [0.5, 0.6) is 0 Å². The van der Waals surface area contributed by atoms with Gasteiger partial charge in [0.15, 0.2) is 11.6 Å². The van der Waals surface area contributed by atoms with Gasteiger partial charge in [0.05, 0.1) is 5.75 Å². The summed E-state index contributed by atoms with van der Waals surface area (Å²) in [4.78, 5) is 0. The van der Waals surface area contributed by atoms with Crippen molar-refractivity contribution >= 4 is 27.3 Å². The molecule has 1 heterocycles. The summed E-state index contributed by atoms with van der Waals surface area (Å²) in [6.45, 7) is 4.05. The number of aryl methyl sites for hydroxylation is 3. The molecule has 0 bridgehead atoms. The van der Waals surface area contributed by atoms with Gasteiger partial charge in [-0.2, -0.15) is 0 Å². The number of anilines is 3. The second-order valence-electron chi connectivity index (χ2n) is 6.40. The van der Waals surface area contributed by atoms with Crippen LogP contribution in [0.2, 0.25) is 0 Å². The van der Waals surface area contributed by atoms with Crippen molar-refractivity contribution in [2.75, 3.05) is 15.8 Å². The highest BCUT2D eigenvalue weighted by Crippen LogP contribution is 2.20. The van der Waals surface area contributed by atoms with Gasteiger partial charge in [0, 0.05) is 5.69 Å². The molecule has 7 heteroatoms. The van der Waals surface area contributed by atoms with Crippen molar-refractivity contribution in [1.29, 1.82) is 0 Å². The van der Waals surface area contributed by atoms with Crippen LogP contribution in [0, 0.1) is 13.8 Å². The Kier molecular flexibility index (Phi) is 5.71. The number of benzene rings is 2. The normalized spacial score (nSPS) is 11.2. The second kappa shape index (κ2) is 8.18. The molecule has 3 aromatic rings. The summed E-state index contributed by atoms with van der Waals surface area (Å²) in [7, 11) is -3.49. The van der Waals surface area contributed by atoms with E-state index in [0.717, 1.165) is 16.8 Å². The maximum Gasteiger partial charge on any atom is 0.234 e. The van der Waals surface area contributed by atoms with E-state index < -0.39 is 10.0 Å². The molecular formula is C20H22N4O2S. The van der Waals surface area contributed by atoms with Crippen LogP contribution in [0.15, 0.2) is 60.7 Å². The fraction of sp³-hybridized carbons (Fsp3) is 0.200. The van der Waals surface area contributed by atoms with Crippen molar-refractivity contribution in [3.05, 3.63) is 77.4 Å². The number of sulfonamides is 1. The molecular weight excluding hydrogens is 360 g/mol. The van der Waals surface area contributed by atoms with Crippen LogP contribution in [0.3, 0.4) is 0 Å². The van der Waals surface area contributed by atoms with E-state index in [1.165, 1.54) is 5.56 Å². The smallest absolute Gasteiger partial charge is 0.234 e. The van der Waals surface area contributed by atoms with E-state index in [-0.39, 0.29) is 11.6 Å². The molecule has 0 aliphatic rings. The van der Waals surface area contributed by atoms with Gasteiger partial charge in [-0.05, 0) is 49.6 Å². The second-order valence-corrected chi connectivity index (χ2v) is 8.25. The van der Waals surface area contributed by atoms with Crippen LogP contribution in [-0.4, -0.2) is 24.4 Å². The Morgan fingerprint density at radius 3 is 2.26 bits per heavy atom. The topological polar surface area (TPSA) is 84.0 Å². The summed E-state index contributed by atoms with van der Waals surface area (Å²) in [6.07, 6.45) is 0.440. The Bertz CT molecular complexity index is 1000. The van der Waals surface area contributed by atoms with Crippen molar-refractivity contribution in [3.63, 3.8) is 0 Å². The molecule has 0 atom stereocenters. The molecule has 2 aromatic carbocycles. The molecule has 0 aliphatic carbocycles. The van der Waals surface area contributed by atoms with Gasteiger partial charge >= 0.3 is 0 Å². The number of aromatic nitrogens is 2. The summed E-state index contributed by atoms with van der Waals surface area (Å²) in [5, 5.41) is 11.2. The molecule has 2 N–H and O–H groups in total. The van der Waals surface area contributed by atoms with Gasteiger partial charge in [-0.1, -0.05) is 48.0 Å². The van der Waals surface area contributed by atoms with Gasteiger partial charge in [0.2, 0.25) is 10.0 Å². The third-order valence-corrected chi connectivity index (χ3v) is 5.33. The molecule has 140 valence electrons. The summed E-state index contributed by atoms with van der Waals surface area (Å²) >= 11 is 0. The van der Waals surface area contributed by atoms with Crippen molar-refractivity contribution in [3.8, 4) is 0 Å². The zero-order valence-electron chi connectivity index (χ0n) is 15.3. The van der Waals surface area contributed by atoms with Gasteiger partial charge < -0.3 is 5.32 Å². The van der Waals surface area contributed by atoms with Gasteiger partial charge in [0.25, 0.3) is 0 Å². The molecule has 3 rings (SSSR count). The lowest BCUT2D eigenvalue weighted by Crippen LogP contribution is -2.19. The van der Waals surface area contributed by atoms with E-state index in [1.54, 1.807) is 12.1 Å². The van der Waals surface area contributed by atoms with Crippen molar-refractivity contribution in [2.24, 2.45) is 0 Å². The monoisotopic (exact) mass is 382 g/mol. The Hall–Kier alpha value is -2.93. The molecule has 27 heavy (non-hydrogen) atoms. The molecule has 6 nitrogen and oxygen atoms in total. The molecule has 0 saturated carbocycles. The van der Waals surface area contributed by atoms with Crippen molar-refractivity contribution in [1.82, 2.24) is 10.2 Å². The Morgan fingerprint density at radius 2 is 1.59 bits per heavy atom. The highest BCUT2D eigenvalue weighted by molar-refractivity contribution is 7.92. The number of hydrogen-bond acceptors (Lipinski definition) is 5. The lowest BCUT2D eigenvalue weighted by Gasteiger charge is -2.10. The van der Waals surface area contributed by atoms with Crippen LogP contribution >= 0.6 is 0 Å². The number of nitrogens with one attached hydrogen (secondary N) is 2. The zero-order valence-corrected chi connectivity index (χ0v) is 16.1. The molecule has 0 amide bonds. The first-order valence-corrected chi connectivity index (χ1v) is 10.3. The van der Waals surface area contributed by atoms with E-state index in [2.05, 4.69) is 26.3 Å². The molecule has 0 saturated heterocycles. The quantitative estimate of drug-likeness (QED) is 0.649. The summed E-state index contributed by atoms with van der Waals surface area (Å²) in [6, 6.07) is 18.9. The Balaban J connectivity index is 1.61. The van der Waals surface area contributed by atoms with Crippen LogP contribution in [0.1, 0.15) is 16.7 Å². The first-order chi connectivity index (χ1) is 12.9. The van der Waals surface area contributed by atoms with Gasteiger partial charge in [-0.3, -0.25) is 4.72 Å². The third kappa shape index (κ3) is 5.52. The lowest BCUT2D eigenvalue weighted by molar-refractivity contribution is 0.600. The van der Waals surface area contributed by atoms with Gasteiger partial charge in [0.1, 0.15) is 0 Å². The molecule has 0 aliphatic heterocycles. The Morgan fingerprint density at radius 1 is 0.889 bits per heavy atom. The van der Waals surface area contributed by atoms with E-state index in [4.69, 9.17) is 0 Å². The maximum absolute atomic E-state index is 12.2. The first kappa shape index (κ1) is 18.8. The fourth-order valence-electron chi connectivity index (χ4n) is 2.65. The van der Waals surface area contributed by atoms with E-state index >= 15 is 0 Å². The Labute approximate surface area is 159 Å². The first-order valence-electron chi connectivity index (χ1n) is 8.64. The van der Waals surface area contributed by atoms with E-state index in [9.17, 15) is 8.42 Å². The summed E-state index contributed by atoms with van der Waals surface area (Å²) in [5.41, 5.74) is 4.19. The molecule has 0 unspecified atom stereocenters. The predicted molar refractivity (Wildman–Crippen MR) is 109 cm³/mol. The van der Waals surface area contributed by atoms with Gasteiger partial charge in [-0.15, -0.1) is 10.2 Å². The average molecular weight is 382 g/mol. The SMILES string of the molecule is Cc1ccc(Nc2ccc(NS(=O)(=O)CCc3ccccc3)nn2)c(C)c1. The van der Waals surface area contributed by atoms with E-state index in [0.29, 0.717) is 12.2 Å². The van der Waals surface area contributed by atoms with E-state index in [1.807, 2.05) is 56.3 Å². The summed E-state index contributed by atoms with van der Waals surface area (Å²) in [5.74, 6) is 0.741. The largest absolute Gasteiger partial charge is 0.339 e. The maximum atomic E-state index is 12.2. The highest BCUT2D eigenvalue weighted by Gasteiger charge is 2.12. The van der Waals surface area contributed by atoms with Crippen LogP contribution in [0.25, 0.3) is 0 Å². The van der Waals surface area contributed by atoms with Crippen molar-refractivity contribution < 1.29 is 8.42 Å².